The lowest BCUT2D eigenvalue weighted by Crippen LogP contribution is -2.33. The molecule has 2 atom stereocenters. The first kappa shape index (κ1) is 12.2. The van der Waals surface area contributed by atoms with E-state index in [0.717, 1.165) is 6.42 Å². The van der Waals surface area contributed by atoms with Crippen LogP contribution in [-0.2, 0) is 6.42 Å². The fraction of sp³-hybridized carbons (Fsp3) is 0.538. The van der Waals surface area contributed by atoms with Gasteiger partial charge in [-0.05, 0) is 32.8 Å². The minimum absolute atomic E-state index is 0.273. The number of aliphatic hydroxyl groups excluding tert-OH is 1. The molecule has 0 spiro atoms. The fourth-order valence-corrected chi connectivity index (χ4v) is 1.52. The summed E-state index contributed by atoms with van der Waals surface area (Å²) in [5, 5.41) is 12.4. The Kier molecular flexibility index (Phi) is 4.79. The molecule has 1 rings (SSSR count). The van der Waals surface area contributed by atoms with Gasteiger partial charge in [-0.15, -0.1) is 0 Å². The molecular weight excluding hydrogens is 186 g/mol. The van der Waals surface area contributed by atoms with E-state index in [1.807, 2.05) is 0 Å². The standard InChI is InChI=1S/C13H21NO/c1-10-4-6-13(7-5-10)8-11(2)14-9-12(3)15/h4-7,11-12,14-15H,8-9H2,1-3H3/t11?,12-/m0/s1. The molecule has 0 aliphatic rings. The second kappa shape index (κ2) is 5.89. The van der Waals surface area contributed by atoms with E-state index in [4.69, 9.17) is 5.11 Å². The minimum atomic E-state index is -0.273. The van der Waals surface area contributed by atoms with Crippen LogP contribution in [0.5, 0.6) is 0 Å². The average Bonchev–Trinajstić information content (AvgIpc) is 2.19. The van der Waals surface area contributed by atoms with E-state index in [-0.39, 0.29) is 6.10 Å². The van der Waals surface area contributed by atoms with Crippen molar-refractivity contribution in [1.82, 2.24) is 5.32 Å². The first-order chi connectivity index (χ1) is 7.08. The molecule has 2 nitrogen and oxygen atoms in total. The van der Waals surface area contributed by atoms with Crippen LogP contribution in [0.15, 0.2) is 24.3 Å². The Morgan fingerprint density at radius 1 is 1.20 bits per heavy atom. The Bertz CT molecular complexity index is 279. The summed E-state index contributed by atoms with van der Waals surface area (Å²) in [5.41, 5.74) is 2.63. The predicted molar refractivity (Wildman–Crippen MR) is 64.0 cm³/mol. The molecule has 2 heteroatoms. The van der Waals surface area contributed by atoms with Gasteiger partial charge in [0.2, 0.25) is 0 Å². The molecule has 0 aliphatic heterocycles. The smallest absolute Gasteiger partial charge is 0.0636 e. The lowest BCUT2D eigenvalue weighted by atomic mass is 10.1. The first-order valence-electron chi connectivity index (χ1n) is 5.55. The molecule has 1 aromatic rings. The summed E-state index contributed by atoms with van der Waals surface area (Å²) in [4.78, 5) is 0. The van der Waals surface area contributed by atoms with Crippen LogP contribution >= 0.6 is 0 Å². The van der Waals surface area contributed by atoms with Crippen LogP contribution in [-0.4, -0.2) is 23.8 Å². The van der Waals surface area contributed by atoms with Crippen LogP contribution in [0.2, 0.25) is 0 Å². The maximum Gasteiger partial charge on any atom is 0.0636 e. The summed E-state index contributed by atoms with van der Waals surface area (Å²) in [6.45, 7) is 6.69. The van der Waals surface area contributed by atoms with Crippen molar-refractivity contribution in [2.24, 2.45) is 0 Å². The second-order valence-electron chi connectivity index (χ2n) is 4.35. The van der Waals surface area contributed by atoms with Crippen LogP contribution < -0.4 is 5.32 Å². The Hall–Kier alpha value is -0.860. The van der Waals surface area contributed by atoms with Gasteiger partial charge in [0.25, 0.3) is 0 Å². The number of hydrogen-bond acceptors (Lipinski definition) is 2. The molecule has 1 unspecified atom stereocenters. The van der Waals surface area contributed by atoms with E-state index in [9.17, 15) is 0 Å². The van der Waals surface area contributed by atoms with Crippen LogP contribution in [0.4, 0.5) is 0 Å². The van der Waals surface area contributed by atoms with Gasteiger partial charge in [-0.25, -0.2) is 0 Å². The highest BCUT2D eigenvalue weighted by atomic mass is 16.3. The van der Waals surface area contributed by atoms with Gasteiger partial charge in [-0.1, -0.05) is 29.8 Å². The fourth-order valence-electron chi connectivity index (χ4n) is 1.52. The third-order valence-electron chi connectivity index (χ3n) is 2.42. The summed E-state index contributed by atoms with van der Waals surface area (Å²) in [7, 11) is 0. The van der Waals surface area contributed by atoms with Crippen molar-refractivity contribution in [3.63, 3.8) is 0 Å². The van der Waals surface area contributed by atoms with E-state index in [0.29, 0.717) is 12.6 Å². The topological polar surface area (TPSA) is 32.3 Å². The molecule has 0 saturated carbocycles. The van der Waals surface area contributed by atoms with Gasteiger partial charge >= 0.3 is 0 Å². The van der Waals surface area contributed by atoms with E-state index < -0.39 is 0 Å². The normalized spacial score (nSPS) is 14.9. The third kappa shape index (κ3) is 4.96. The zero-order valence-electron chi connectivity index (χ0n) is 9.83. The molecule has 0 aromatic heterocycles. The lowest BCUT2D eigenvalue weighted by molar-refractivity contribution is 0.187. The van der Waals surface area contributed by atoms with E-state index >= 15 is 0 Å². The monoisotopic (exact) mass is 207 g/mol. The molecule has 0 saturated heterocycles. The van der Waals surface area contributed by atoms with E-state index in [2.05, 4.69) is 43.4 Å². The zero-order chi connectivity index (χ0) is 11.3. The number of benzene rings is 1. The SMILES string of the molecule is Cc1ccc(CC(C)NC[C@H](C)O)cc1. The number of hydrogen-bond donors (Lipinski definition) is 2. The summed E-state index contributed by atoms with van der Waals surface area (Å²) in [6, 6.07) is 9.00. The van der Waals surface area contributed by atoms with Crippen molar-refractivity contribution in [2.75, 3.05) is 6.54 Å². The number of nitrogens with one attached hydrogen (secondary N) is 1. The van der Waals surface area contributed by atoms with Crippen molar-refractivity contribution in [3.05, 3.63) is 35.4 Å². The van der Waals surface area contributed by atoms with Crippen molar-refractivity contribution < 1.29 is 5.11 Å². The second-order valence-corrected chi connectivity index (χ2v) is 4.35. The van der Waals surface area contributed by atoms with Gasteiger partial charge in [0, 0.05) is 12.6 Å². The Balaban J connectivity index is 2.37. The van der Waals surface area contributed by atoms with Crippen LogP contribution in [0.1, 0.15) is 25.0 Å². The number of rotatable bonds is 5. The molecule has 2 N–H and O–H groups in total. The summed E-state index contributed by atoms with van der Waals surface area (Å²) < 4.78 is 0. The summed E-state index contributed by atoms with van der Waals surface area (Å²) >= 11 is 0. The molecular formula is C13H21NO. The number of aliphatic hydroxyl groups is 1. The molecule has 15 heavy (non-hydrogen) atoms. The minimum Gasteiger partial charge on any atom is -0.392 e. The van der Waals surface area contributed by atoms with Crippen molar-refractivity contribution in [3.8, 4) is 0 Å². The van der Waals surface area contributed by atoms with Crippen molar-refractivity contribution >= 4 is 0 Å². The Morgan fingerprint density at radius 2 is 1.80 bits per heavy atom. The highest BCUT2D eigenvalue weighted by Crippen LogP contribution is 2.05. The highest BCUT2D eigenvalue weighted by Gasteiger charge is 2.04. The summed E-state index contributed by atoms with van der Waals surface area (Å²) in [5.74, 6) is 0. The van der Waals surface area contributed by atoms with Crippen molar-refractivity contribution in [2.45, 2.75) is 39.3 Å². The molecule has 0 aliphatic carbocycles. The van der Waals surface area contributed by atoms with E-state index in [1.165, 1.54) is 11.1 Å². The third-order valence-corrected chi connectivity index (χ3v) is 2.42. The molecule has 0 amide bonds. The predicted octanol–water partition coefficient (Wildman–Crippen LogP) is 1.90. The first-order valence-corrected chi connectivity index (χ1v) is 5.55. The van der Waals surface area contributed by atoms with Gasteiger partial charge < -0.3 is 10.4 Å². The molecule has 0 heterocycles. The van der Waals surface area contributed by atoms with E-state index in [1.54, 1.807) is 6.92 Å². The van der Waals surface area contributed by atoms with Gasteiger partial charge in [0.1, 0.15) is 0 Å². The quantitative estimate of drug-likeness (QED) is 0.773. The largest absolute Gasteiger partial charge is 0.392 e. The van der Waals surface area contributed by atoms with Crippen molar-refractivity contribution in [1.29, 1.82) is 0 Å². The highest BCUT2D eigenvalue weighted by molar-refractivity contribution is 5.21. The van der Waals surface area contributed by atoms with Crippen LogP contribution in [0.25, 0.3) is 0 Å². The molecule has 0 radical (unpaired) electrons. The molecule has 1 aromatic carbocycles. The van der Waals surface area contributed by atoms with Gasteiger partial charge in [-0.2, -0.15) is 0 Å². The molecule has 84 valence electrons. The van der Waals surface area contributed by atoms with Gasteiger partial charge in [-0.3, -0.25) is 0 Å². The maximum atomic E-state index is 9.14. The molecule has 0 fully saturated rings. The Labute approximate surface area is 92.3 Å². The lowest BCUT2D eigenvalue weighted by Gasteiger charge is -2.15. The van der Waals surface area contributed by atoms with Crippen LogP contribution in [0.3, 0.4) is 0 Å². The van der Waals surface area contributed by atoms with Gasteiger partial charge in [0.15, 0.2) is 0 Å². The summed E-state index contributed by atoms with van der Waals surface area (Å²) in [6.07, 6.45) is 0.734. The average molecular weight is 207 g/mol. The molecule has 0 bridgehead atoms. The van der Waals surface area contributed by atoms with Gasteiger partial charge in [0.05, 0.1) is 6.10 Å². The zero-order valence-corrected chi connectivity index (χ0v) is 9.83. The maximum absolute atomic E-state index is 9.14. The number of aryl methyl sites for hydroxylation is 1. The van der Waals surface area contributed by atoms with Crippen LogP contribution in [0, 0.1) is 6.92 Å². The Morgan fingerprint density at radius 3 is 2.33 bits per heavy atom.